The van der Waals surface area contributed by atoms with Crippen molar-refractivity contribution in [2.75, 3.05) is 13.1 Å². The third-order valence-corrected chi connectivity index (χ3v) is 3.70. The van der Waals surface area contributed by atoms with Crippen LogP contribution in [0.25, 0.3) is 0 Å². The first-order valence-electron chi connectivity index (χ1n) is 7.22. The van der Waals surface area contributed by atoms with Crippen molar-refractivity contribution in [1.82, 2.24) is 15.2 Å². The van der Waals surface area contributed by atoms with Crippen molar-refractivity contribution in [2.24, 2.45) is 0 Å². The van der Waals surface area contributed by atoms with Crippen LogP contribution in [0.3, 0.4) is 0 Å². The summed E-state index contributed by atoms with van der Waals surface area (Å²) in [4.78, 5) is 28.7. The average Bonchev–Trinajstić information content (AvgIpc) is 2.86. The lowest BCUT2D eigenvalue weighted by atomic mass is 10.0. The van der Waals surface area contributed by atoms with E-state index in [1.165, 1.54) is 6.92 Å². The molecule has 0 bridgehead atoms. The van der Waals surface area contributed by atoms with Crippen LogP contribution in [0.2, 0.25) is 0 Å². The van der Waals surface area contributed by atoms with Gasteiger partial charge in [0, 0.05) is 37.9 Å². The van der Waals surface area contributed by atoms with Crippen molar-refractivity contribution < 1.29 is 9.59 Å². The highest BCUT2D eigenvalue weighted by Crippen LogP contribution is 2.21. The van der Waals surface area contributed by atoms with Crippen molar-refractivity contribution in [3.05, 3.63) is 23.5 Å². The van der Waals surface area contributed by atoms with Crippen molar-refractivity contribution in [3.8, 4) is 0 Å². The average molecular weight is 277 g/mol. The number of amides is 2. The van der Waals surface area contributed by atoms with E-state index < -0.39 is 0 Å². The molecule has 1 saturated heterocycles. The zero-order chi connectivity index (χ0) is 14.7. The summed E-state index contributed by atoms with van der Waals surface area (Å²) >= 11 is 0. The van der Waals surface area contributed by atoms with Crippen LogP contribution in [0.5, 0.6) is 0 Å². The molecule has 0 aliphatic carbocycles. The summed E-state index contributed by atoms with van der Waals surface area (Å²) in [5, 5.41) is 2.91. The number of likely N-dealkylation sites (tertiary alicyclic amines) is 1. The maximum absolute atomic E-state index is 12.6. The second-order valence-corrected chi connectivity index (χ2v) is 5.75. The van der Waals surface area contributed by atoms with Crippen LogP contribution in [0.15, 0.2) is 12.3 Å². The monoisotopic (exact) mass is 277 g/mol. The van der Waals surface area contributed by atoms with Crippen LogP contribution in [0.4, 0.5) is 0 Å². The molecule has 5 heteroatoms. The fraction of sp³-hybridized carbons (Fsp3) is 0.600. The molecule has 5 nitrogen and oxygen atoms in total. The van der Waals surface area contributed by atoms with Crippen molar-refractivity contribution in [3.63, 3.8) is 0 Å². The van der Waals surface area contributed by atoms with E-state index in [0.29, 0.717) is 12.5 Å². The SMILES string of the molecule is CC(=O)NC1CCCN(C(=O)c2cc[nH]c2C(C)C)C1. The minimum Gasteiger partial charge on any atom is -0.364 e. The van der Waals surface area contributed by atoms with E-state index in [9.17, 15) is 9.59 Å². The van der Waals surface area contributed by atoms with Gasteiger partial charge in [0.05, 0.1) is 5.56 Å². The molecular formula is C15H23N3O2. The Morgan fingerprint density at radius 2 is 2.20 bits per heavy atom. The second-order valence-electron chi connectivity index (χ2n) is 5.75. The van der Waals surface area contributed by atoms with E-state index in [1.807, 2.05) is 17.2 Å². The first-order valence-corrected chi connectivity index (χ1v) is 7.22. The van der Waals surface area contributed by atoms with Gasteiger partial charge in [0.1, 0.15) is 0 Å². The summed E-state index contributed by atoms with van der Waals surface area (Å²) < 4.78 is 0. The van der Waals surface area contributed by atoms with Gasteiger partial charge in [-0.3, -0.25) is 9.59 Å². The number of carbonyl (C=O) groups is 2. The van der Waals surface area contributed by atoms with Gasteiger partial charge in [-0.2, -0.15) is 0 Å². The molecule has 1 aromatic rings. The van der Waals surface area contributed by atoms with Crippen molar-refractivity contribution in [1.29, 1.82) is 0 Å². The number of hydrogen-bond donors (Lipinski definition) is 2. The summed E-state index contributed by atoms with van der Waals surface area (Å²) in [5.41, 5.74) is 1.74. The number of hydrogen-bond acceptors (Lipinski definition) is 2. The van der Waals surface area contributed by atoms with Gasteiger partial charge in [0.25, 0.3) is 5.91 Å². The number of H-pyrrole nitrogens is 1. The van der Waals surface area contributed by atoms with Gasteiger partial charge in [-0.25, -0.2) is 0 Å². The van der Waals surface area contributed by atoms with Crippen LogP contribution in [-0.2, 0) is 4.79 Å². The molecule has 0 radical (unpaired) electrons. The summed E-state index contributed by atoms with van der Waals surface area (Å²) in [5.74, 6) is 0.318. The van der Waals surface area contributed by atoms with Gasteiger partial charge in [0.15, 0.2) is 0 Å². The standard InChI is InChI=1S/C15H23N3O2/c1-10(2)14-13(6-7-16-14)15(20)18-8-4-5-12(9-18)17-11(3)19/h6-7,10,12,16H,4-5,8-9H2,1-3H3,(H,17,19). The van der Waals surface area contributed by atoms with Crippen molar-refractivity contribution >= 4 is 11.8 Å². The Kier molecular flexibility index (Phi) is 4.47. The quantitative estimate of drug-likeness (QED) is 0.886. The molecule has 110 valence electrons. The van der Waals surface area contributed by atoms with Crippen LogP contribution < -0.4 is 5.32 Å². The predicted molar refractivity (Wildman–Crippen MR) is 77.6 cm³/mol. The van der Waals surface area contributed by atoms with Gasteiger partial charge in [-0.15, -0.1) is 0 Å². The highest BCUT2D eigenvalue weighted by molar-refractivity contribution is 5.95. The van der Waals surface area contributed by atoms with Crippen LogP contribution in [-0.4, -0.2) is 40.8 Å². The smallest absolute Gasteiger partial charge is 0.255 e. The largest absolute Gasteiger partial charge is 0.364 e. The van der Waals surface area contributed by atoms with Gasteiger partial charge in [-0.1, -0.05) is 13.8 Å². The number of rotatable bonds is 3. The Bertz CT molecular complexity index is 493. The molecule has 20 heavy (non-hydrogen) atoms. The van der Waals surface area contributed by atoms with E-state index in [-0.39, 0.29) is 17.9 Å². The molecule has 0 saturated carbocycles. The number of piperidine rings is 1. The lowest BCUT2D eigenvalue weighted by molar-refractivity contribution is -0.120. The van der Waals surface area contributed by atoms with E-state index >= 15 is 0 Å². The lowest BCUT2D eigenvalue weighted by Gasteiger charge is -2.33. The zero-order valence-electron chi connectivity index (χ0n) is 12.4. The van der Waals surface area contributed by atoms with Gasteiger partial charge < -0.3 is 15.2 Å². The van der Waals surface area contributed by atoms with Gasteiger partial charge in [-0.05, 0) is 24.8 Å². The Morgan fingerprint density at radius 1 is 1.45 bits per heavy atom. The fourth-order valence-electron chi connectivity index (χ4n) is 2.78. The molecule has 1 aliphatic rings. The molecule has 1 fully saturated rings. The number of nitrogens with one attached hydrogen (secondary N) is 2. The number of nitrogens with zero attached hydrogens (tertiary/aromatic N) is 1. The summed E-state index contributed by atoms with van der Waals surface area (Å²) in [6.45, 7) is 7.01. The Labute approximate surface area is 119 Å². The molecule has 2 amide bonds. The minimum absolute atomic E-state index is 0.0335. The van der Waals surface area contributed by atoms with Crippen LogP contribution in [0.1, 0.15) is 55.6 Å². The topological polar surface area (TPSA) is 65.2 Å². The van der Waals surface area contributed by atoms with E-state index in [2.05, 4.69) is 24.1 Å². The first-order chi connectivity index (χ1) is 9.49. The second kappa shape index (κ2) is 6.11. The maximum atomic E-state index is 12.6. The summed E-state index contributed by atoms with van der Waals surface area (Å²) in [6, 6.07) is 1.92. The van der Waals surface area contributed by atoms with E-state index in [4.69, 9.17) is 0 Å². The molecule has 2 heterocycles. The normalized spacial score (nSPS) is 19.2. The summed E-state index contributed by atoms with van der Waals surface area (Å²) in [6.07, 6.45) is 3.68. The highest BCUT2D eigenvalue weighted by atomic mass is 16.2. The Morgan fingerprint density at radius 3 is 2.85 bits per heavy atom. The Hall–Kier alpha value is -1.78. The van der Waals surface area contributed by atoms with Gasteiger partial charge >= 0.3 is 0 Å². The molecule has 0 aromatic carbocycles. The first kappa shape index (κ1) is 14.6. The summed E-state index contributed by atoms with van der Waals surface area (Å²) in [7, 11) is 0. The number of aromatic amines is 1. The van der Waals surface area contributed by atoms with Gasteiger partial charge in [0.2, 0.25) is 5.91 Å². The van der Waals surface area contributed by atoms with Crippen LogP contribution >= 0.6 is 0 Å². The van der Waals surface area contributed by atoms with E-state index in [0.717, 1.165) is 30.6 Å². The molecule has 1 atom stereocenters. The molecule has 0 spiro atoms. The van der Waals surface area contributed by atoms with Crippen LogP contribution in [0, 0.1) is 0 Å². The third kappa shape index (κ3) is 3.21. The fourth-order valence-corrected chi connectivity index (χ4v) is 2.78. The number of aromatic nitrogens is 1. The molecule has 1 aliphatic heterocycles. The zero-order valence-corrected chi connectivity index (χ0v) is 12.4. The minimum atomic E-state index is -0.0335. The predicted octanol–water partition coefficient (Wildman–Crippen LogP) is 1.88. The molecule has 1 aromatic heterocycles. The highest BCUT2D eigenvalue weighted by Gasteiger charge is 2.26. The van der Waals surface area contributed by atoms with E-state index in [1.54, 1.807) is 0 Å². The molecular weight excluding hydrogens is 254 g/mol. The molecule has 1 unspecified atom stereocenters. The number of carbonyl (C=O) groups excluding carboxylic acids is 2. The molecule has 2 rings (SSSR count). The Balaban J connectivity index is 2.08. The lowest BCUT2D eigenvalue weighted by Crippen LogP contribution is -2.49. The molecule has 2 N–H and O–H groups in total. The van der Waals surface area contributed by atoms with Crippen molar-refractivity contribution in [2.45, 2.75) is 45.6 Å². The third-order valence-electron chi connectivity index (χ3n) is 3.70. The maximum Gasteiger partial charge on any atom is 0.255 e.